The van der Waals surface area contributed by atoms with Gasteiger partial charge in [-0.05, 0) is 43.6 Å². The van der Waals surface area contributed by atoms with Crippen molar-refractivity contribution in [2.24, 2.45) is 0 Å². The number of hydrogen-bond acceptors (Lipinski definition) is 6. The highest BCUT2D eigenvalue weighted by molar-refractivity contribution is 7.99. The van der Waals surface area contributed by atoms with Crippen LogP contribution in [0.2, 0.25) is 0 Å². The molecule has 0 aromatic heterocycles. The first-order valence-corrected chi connectivity index (χ1v) is 11.3. The lowest BCUT2D eigenvalue weighted by Crippen LogP contribution is -2.49. The third-order valence-electron chi connectivity index (χ3n) is 5.51. The number of carbonyl (C=O) groups excluding carboxylic acids is 2. The van der Waals surface area contributed by atoms with Crippen molar-refractivity contribution in [3.63, 3.8) is 0 Å². The van der Waals surface area contributed by atoms with E-state index < -0.39 is 6.04 Å². The molecule has 3 rings (SSSR count). The Morgan fingerprint density at radius 1 is 1.17 bits per heavy atom. The molecule has 8 heteroatoms. The van der Waals surface area contributed by atoms with E-state index in [-0.39, 0.29) is 17.2 Å². The molecule has 29 heavy (non-hydrogen) atoms. The monoisotopic (exact) mass is 421 g/mol. The average Bonchev–Trinajstić information content (AvgIpc) is 3.42. The van der Waals surface area contributed by atoms with E-state index in [1.165, 1.54) is 12.8 Å². The molecule has 2 aliphatic rings. The molecule has 2 fully saturated rings. The predicted octanol–water partition coefficient (Wildman–Crippen LogP) is 2.27. The fourth-order valence-corrected chi connectivity index (χ4v) is 5.36. The van der Waals surface area contributed by atoms with Crippen molar-refractivity contribution in [1.82, 2.24) is 15.1 Å². The zero-order valence-corrected chi connectivity index (χ0v) is 18.3. The lowest BCUT2D eigenvalue weighted by Gasteiger charge is -2.29. The van der Waals surface area contributed by atoms with Crippen LogP contribution in [0.1, 0.15) is 37.1 Å². The molecule has 160 valence electrons. The number of benzene rings is 1. The van der Waals surface area contributed by atoms with Crippen LogP contribution in [-0.2, 0) is 9.59 Å². The number of carbonyl (C=O) groups is 2. The molecule has 2 atom stereocenters. The molecule has 0 spiro atoms. The lowest BCUT2D eigenvalue weighted by molar-refractivity contribution is -0.139. The van der Waals surface area contributed by atoms with Crippen LogP contribution in [0.25, 0.3) is 0 Å². The maximum atomic E-state index is 12.9. The largest absolute Gasteiger partial charge is 0.493 e. The summed E-state index contributed by atoms with van der Waals surface area (Å²) in [7, 11) is 3.19. The van der Waals surface area contributed by atoms with Gasteiger partial charge in [0, 0.05) is 25.3 Å². The van der Waals surface area contributed by atoms with E-state index in [0.717, 1.165) is 25.2 Å². The van der Waals surface area contributed by atoms with Gasteiger partial charge in [0.1, 0.15) is 11.4 Å². The molecule has 1 aromatic carbocycles. The van der Waals surface area contributed by atoms with Crippen LogP contribution >= 0.6 is 11.8 Å². The third kappa shape index (κ3) is 4.98. The fourth-order valence-electron chi connectivity index (χ4n) is 3.92. The van der Waals surface area contributed by atoms with Crippen LogP contribution in [0, 0.1) is 0 Å². The summed E-state index contributed by atoms with van der Waals surface area (Å²) in [6.45, 7) is 5.54. The summed E-state index contributed by atoms with van der Waals surface area (Å²) < 4.78 is 10.7. The maximum absolute atomic E-state index is 12.9. The minimum Gasteiger partial charge on any atom is -0.493 e. The number of thioether (sulfide) groups is 1. The van der Waals surface area contributed by atoms with Crippen LogP contribution in [0.5, 0.6) is 11.5 Å². The van der Waals surface area contributed by atoms with E-state index in [1.807, 2.05) is 25.1 Å². The van der Waals surface area contributed by atoms with E-state index >= 15 is 0 Å². The van der Waals surface area contributed by atoms with Crippen molar-refractivity contribution in [3.8, 4) is 11.5 Å². The Morgan fingerprint density at radius 3 is 2.55 bits per heavy atom. The number of nitrogens with one attached hydrogen (secondary N) is 1. The molecule has 0 bridgehead atoms. The van der Waals surface area contributed by atoms with Gasteiger partial charge in [0.2, 0.25) is 11.8 Å². The van der Waals surface area contributed by atoms with E-state index in [9.17, 15) is 9.59 Å². The number of ether oxygens (including phenoxy) is 2. The summed E-state index contributed by atoms with van der Waals surface area (Å²) in [5.41, 5.74) is 0.932. The first-order chi connectivity index (χ1) is 14.1. The molecule has 1 N–H and O–H groups in total. The molecule has 0 unspecified atom stereocenters. The summed E-state index contributed by atoms with van der Waals surface area (Å²) in [5.74, 6) is 1.76. The van der Waals surface area contributed by atoms with Crippen LogP contribution in [0.4, 0.5) is 0 Å². The summed E-state index contributed by atoms with van der Waals surface area (Å²) in [5, 5.41) is 2.83. The number of methoxy groups -OCH3 is 2. The Balaban J connectivity index is 1.71. The van der Waals surface area contributed by atoms with Gasteiger partial charge in [-0.25, -0.2) is 0 Å². The van der Waals surface area contributed by atoms with E-state index in [4.69, 9.17) is 9.47 Å². The van der Waals surface area contributed by atoms with Gasteiger partial charge < -0.3 is 24.6 Å². The second-order valence-corrected chi connectivity index (χ2v) is 8.42. The molecular formula is C21H31N3O4S. The van der Waals surface area contributed by atoms with Crippen molar-refractivity contribution in [2.75, 3.05) is 46.2 Å². The van der Waals surface area contributed by atoms with Gasteiger partial charge in [-0.1, -0.05) is 13.0 Å². The Morgan fingerprint density at radius 2 is 1.90 bits per heavy atom. The average molecular weight is 422 g/mol. The van der Waals surface area contributed by atoms with Gasteiger partial charge >= 0.3 is 0 Å². The predicted molar refractivity (Wildman–Crippen MR) is 114 cm³/mol. The third-order valence-corrected chi connectivity index (χ3v) is 6.84. The van der Waals surface area contributed by atoms with Gasteiger partial charge in [0.25, 0.3) is 0 Å². The topological polar surface area (TPSA) is 71.1 Å². The van der Waals surface area contributed by atoms with E-state index in [0.29, 0.717) is 30.2 Å². The van der Waals surface area contributed by atoms with Gasteiger partial charge in [0.05, 0.1) is 14.2 Å². The highest BCUT2D eigenvalue weighted by Crippen LogP contribution is 2.44. The van der Waals surface area contributed by atoms with E-state index in [2.05, 4.69) is 10.2 Å². The minimum atomic E-state index is -0.455. The van der Waals surface area contributed by atoms with Crippen molar-refractivity contribution in [1.29, 1.82) is 0 Å². The zero-order chi connectivity index (χ0) is 20.8. The Labute approximate surface area is 177 Å². The quantitative estimate of drug-likeness (QED) is 0.694. The Hall–Kier alpha value is -1.93. The number of amides is 2. The van der Waals surface area contributed by atoms with Gasteiger partial charge in [-0.2, -0.15) is 0 Å². The van der Waals surface area contributed by atoms with Crippen molar-refractivity contribution in [3.05, 3.63) is 23.8 Å². The molecule has 1 aromatic rings. The number of nitrogens with zero attached hydrogens (tertiary/aromatic N) is 2. The standard InChI is InChI=1S/C21H31N3O4S/c1-4-19(25)24-16(20(26)22-9-12-23-10-5-6-11-23)14-29-21(24)15-7-8-17(27-2)18(13-15)28-3/h7-8,13,16,21H,4-6,9-12,14H2,1-3H3,(H,22,26)/t16-,21-/m1/s1. The lowest BCUT2D eigenvalue weighted by atomic mass is 10.1. The zero-order valence-electron chi connectivity index (χ0n) is 17.5. The molecule has 2 amide bonds. The van der Waals surface area contributed by atoms with Crippen molar-refractivity contribution >= 4 is 23.6 Å². The summed E-state index contributed by atoms with van der Waals surface area (Å²) in [6, 6.07) is 5.21. The van der Waals surface area contributed by atoms with Gasteiger partial charge in [-0.15, -0.1) is 11.8 Å². The van der Waals surface area contributed by atoms with Crippen molar-refractivity contribution < 1.29 is 19.1 Å². The van der Waals surface area contributed by atoms with Gasteiger partial charge in [0.15, 0.2) is 11.5 Å². The molecule has 0 radical (unpaired) electrons. The Kier molecular flexibility index (Phi) is 7.66. The summed E-state index contributed by atoms with van der Waals surface area (Å²) >= 11 is 1.61. The number of rotatable bonds is 8. The number of hydrogen-bond donors (Lipinski definition) is 1. The fraction of sp³-hybridized carbons (Fsp3) is 0.619. The summed E-state index contributed by atoms with van der Waals surface area (Å²) in [6.07, 6.45) is 2.83. The normalized spacial score (nSPS) is 22.0. The smallest absolute Gasteiger partial charge is 0.243 e. The summed E-state index contributed by atoms with van der Waals surface area (Å²) in [4.78, 5) is 29.7. The molecule has 2 aliphatic heterocycles. The van der Waals surface area contributed by atoms with Crippen LogP contribution in [0.3, 0.4) is 0 Å². The van der Waals surface area contributed by atoms with Crippen LogP contribution in [-0.4, -0.2) is 73.8 Å². The van der Waals surface area contributed by atoms with Gasteiger partial charge in [-0.3, -0.25) is 9.59 Å². The van der Waals surface area contributed by atoms with E-state index in [1.54, 1.807) is 30.9 Å². The SMILES string of the molecule is CCC(=O)N1[C@@H](C(=O)NCCN2CCCC2)CS[C@@H]1c1ccc(OC)c(OC)c1. The first kappa shape index (κ1) is 21.8. The second kappa shape index (κ2) is 10.2. The van der Waals surface area contributed by atoms with Crippen molar-refractivity contribution in [2.45, 2.75) is 37.6 Å². The minimum absolute atomic E-state index is 0.0190. The molecule has 7 nitrogen and oxygen atoms in total. The molecule has 2 heterocycles. The highest BCUT2D eigenvalue weighted by atomic mass is 32.2. The molecule has 2 saturated heterocycles. The second-order valence-electron chi connectivity index (χ2n) is 7.31. The maximum Gasteiger partial charge on any atom is 0.243 e. The number of likely N-dealkylation sites (tertiary alicyclic amines) is 1. The van der Waals surface area contributed by atoms with Crippen LogP contribution < -0.4 is 14.8 Å². The molecular weight excluding hydrogens is 390 g/mol. The molecule has 0 saturated carbocycles. The highest BCUT2D eigenvalue weighted by Gasteiger charge is 2.41. The molecule has 0 aliphatic carbocycles. The van der Waals surface area contributed by atoms with Crippen LogP contribution in [0.15, 0.2) is 18.2 Å². The first-order valence-electron chi connectivity index (χ1n) is 10.2. The Bertz CT molecular complexity index is 724.